The van der Waals surface area contributed by atoms with Crippen molar-refractivity contribution < 1.29 is 23.9 Å². The first kappa shape index (κ1) is 32.7. The van der Waals surface area contributed by atoms with Crippen molar-refractivity contribution in [3.63, 3.8) is 0 Å². The number of carbonyl (C=O) groups excluding carboxylic acids is 3. The number of rotatable bonds is 13. The number of likely N-dealkylation sites (N-methyl/N-ethyl adjacent to an activating group) is 1. The van der Waals surface area contributed by atoms with Crippen LogP contribution in [0, 0.1) is 5.92 Å². The smallest absolute Gasteiger partial charge is 0.410 e. The van der Waals surface area contributed by atoms with E-state index >= 15 is 0 Å². The van der Waals surface area contributed by atoms with Crippen LogP contribution < -0.4 is 15.4 Å². The molecule has 0 aliphatic carbocycles. The first-order chi connectivity index (χ1) is 18.6. The number of nitrogens with zero attached hydrogens (tertiary/aromatic N) is 1. The maximum absolute atomic E-state index is 13.0. The summed E-state index contributed by atoms with van der Waals surface area (Å²) in [5, 5.41) is 5.88. The van der Waals surface area contributed by atoms with Crippen molar-refractivity contribution in [3.8, 4) is 5.75 Å². The van der Waals surface area contributed by atoms with E-state index in [1.54, 1.807) is 27.8 Å². The monoisotopic (exact) mass is 553 g/mol. The summed E-state index contributed by atoms with van der Waals surface area (Å²) in [6.07, 6.45) is 0.702. The molecule has 1 atom stereocenters. The van der Waals surface area contributed by atoms with Crippen molar-refractivity contribution in [1.82, 2.24) is 15.5 Å². The van der Waals surface area contributed by atoms with Crippen molar-refractivity contribution in [2.24, 2.45) is 5.92 Å². The molecule has 1 unspecified atom stereocenters. The zero-order chi connectivity index (χ0) is 29.9. The third-order valence-corrected chi connectivity index (χ3v) is 6.09. The third-order valence-electron chi connectivity index (χ3n) is 6.09. The zero-order valence-electron chi connectivity index (χ0n) is 25.4. The van der Waals surface area contributed by atoms with E-state index < -0.39 is 23.3 Å². The van der Waals surface area contributed by atoms with Crippen LogP contribution in [0.25, 0.3) is 0 Å². The molecular weight excluding hydrogens is 506 g/mol. The Kier molecular flexibility index (Phi) is 12.0. The molecular formula is C32H47N3O5. The third kappa shape index (κ3) is 12.1. The Morgan fingerprint density at radius 2 is 1.52 bits per heavy atom. The molecule has 8 nitrogen and oxygen atoms in total. The first-order valence-electron chi connectivity index (χ1n) is 14.0. The van der Waals surface area contributed by atoms with Crippen molar-refractivity contribution >= 4 is 17.9 Å². The van der Waals surface area contributed by atoms with E-state index in [0.717, 1.165) is 16.9 Å². The Balaban J connectivity index is 1.83. The van der Waals surface area contributed by atoms with Gasteiger partial charge in [-0.3, -0.25) is 14.5 Å². The van der Waals surface area contributed by atoms with Crippen molar-refractivity contribution in [2.75, 3.05) is 13.6 Å². The highest BCUT2D eigenvalue weighted by Gasteiger charge is 2.31. The van der Waals surface area contributed by atoms with Crippen LogP contribution in [0.5, 0.6) is 5.75 Å². The Morgan fingerprint density at radius 3 is 2.10 bits per heavy atom. The molecule has 0 bridgehead atoms. The van der Waals surface area contributed by atoms with Gasteiger partial charge >= 0.3 is 6.09 Å². The molecule has 2 aromatic rings. The van der Waals surface area contributed by atoms with Crippen LogP contribution in [0.2, 0.25) is 0 Å². The molecule has 0 aliphatic rings. The summed E-state index contributed by atoms with van der Waals surface area (Å²) >= 11 is 0. The molecule has 8 heteroatoms. The van der Waals surface area contributed by atoms with Crippen molar-refractivity contribution in [3.05, 3.63) is 65.7 Å². The van der Waals surface area contributed by atoms with Gasteiger partial charge in [0.15, 0.2) is 0 Å². The average Bonchev–Trinajstić information content (AvgIpc) is 2.85. The van der Waals surface area contributed by atoms with Gasteiger partial charge in [0, 0.05) is 25.6 Å². The maximum Gasteiger partial charge on any atom is 0.410 e. The van der Waals surface area contributed by atoms with E-state index in [2.05, 4.69) is 10.6 Å². The lowest BCUT2D eigenvalue weighted by Gasteiger charge is -2.31. The first-order valence-corrected chi connectivity index (χ1v) is 14.0. The molecule has 220 valence electrons. The van der Waals surface area contributed by atoms with Crippen molar-refractivity contribution in [1.29, 1.82) is 0 Å². The quantitative estimate of drug-likeness (QED) is 0.342. The molecule has 2 rings (SSSR count). The van der Waals surface area contributed by atoms with E-state index in [1.807, 2.05) is 82.3 Å². The fraction of sp³-hybridized carbons (Fsp3) is 0.531. The highest BCUT2D eigenvalue weighted by molar-refractivity contribution is 5.86. The molecule has 0 heterocycles. The minimum atomic E-state index is -0.686. The van der Waals surface area contributed by atoms with E-state index in [9.17, 15) is 14.4 Å². The van der Waals surface area contributed by atoms with Crippen molar-refractivity contribution in [2.45, 2.75) is 91.5 Å². The van der Waals surface area contributed by atoms with Crippen LogP contribution in [0.15, 0.2) is 54.6 Å². The molecule has 0 saturated heterocycles. The van der Waals surface area contributed by atoms with Crippen LogP contribution in [-0.2, 0) is 27.4 Å². The van der Waals surface area contributed by atoms with E-state index in [-0.39, 0.29) is 30.7 Å². The number of nitrogens with one attached hydrogen (secondary N) is 2. The van der Waals surface area contributed by atoms with Gasteiger partial charge in [0.05, 0.1) is 0 Å². The summed E-state index contributed by atoms with van der Waals surface area (Å²) in [5.41, 5.74) is 1.04. The van der Waals surface area contributed by atoms with E-state index in [0.29, 0.717) is 19.4 Å². The molecule has 0 aromatic heterocycles. The maximum atomic E-state index is 13.0. The molecule has 40 heavy (non-hydrogen) atoms. The second-order valence-corrected chi connectivity index (χ2v) is 12.3. The lowest BCUT2D eigenvalue weighted by Crippen LogP contribution is -2.50. The highest BCUT2D eigenvalue weighted by atomic mass is 16.6. The Labute approximate surface area is 239 Å². The molecule has 0 spiro atoms. The van der Waals surface area contributed by atoms with Gasteiger partial charge in [-0.05, 0) is 76.6 Å². The number of amides is 3. The summed E-state index contributed by atoms with van der Waals surface area (Å²) < 4.78 is 11.3. The predicted octanol–water partition coefficient (Wildman–Crippen LogP) is 5.49. The number of carbonyl (C=O) groups is 3. The fourth-order valence-electron chi connectivity index (χ4n) is 4.20. The van der Waals surface area contributed by atoms with E-state index in [1.165, 1.54) is 4.90 Å². The van der Waals surface area contributed by atoms with Crippen LogP contribution in [0.1, 0.15) is 72.4 Å². The second-order valence-electron chi connectivity index (χ2n) is 12.3. The van der Waals surface area contributed by atoms with Gasteiger partial charge < -0.3 is 20.1 Å². The summed E-state index contributed by atoms with van der Waals surface area (Å²) in [4.78, 5) is 39.5. The topological polar surface area (TPSA) is 97.0 Å². The Hall–Kier alpha value is -3.55. The molecule has 0 aliphatic heterocycles. The number of hydrogen-bond acceptors (Lipinski definition) is 5. The molecule has 0 fully saturated rings. The summed E-state index contributed by atoms with van der Waals surface area (Å²) in [6, 6.07) is 17.2. The molecule has 0 radical (unpaired) electrons. The standard InChI is InChI=1S/C32H47N3O5/c1-23(2)20-27(35(8)30(38)40-31(3,4)5)29(37)33-19-18-28(36)34-32(6,7)21-24-14-16-26(17-15-24)39-22-25-12-10-9-11-13-25/h9-17,23,27H,18-22H2,1-8H3,(H,33,37)(H,34,36). The van der Waals surface area contributed by atoms with E-state index in [4.69, 9.17) is 9.47 Å². The Morgan fingerprint density at radius 1 is 0.900 bits per heavy atom. The van der Waals surface area contributed by atoms with Crippen LogP contribution in [0.3, 0.4) is 0 Å². The predicted molar refractivity (Wildman–Crippen MR) is 158 cm³/mol. The number of hydrogen-bond donors (Lipinski definition) is 2. The minimum Gasteiger partial charge on any atom is -0.489 e. The van der Waals surface area contributed by atoms with Crippen LogP contribution in [-0.4, -0.2) is 53.6 Å². The molecule has 0 saturated carbocycles. The largest absolute Gasteiger partial charge is 0.489 e. The summed E-state index contributed by atoms with van der Waals surface area (Å²) in [7, 11) is 1.57. The lowest BCUT2D eigenvalue weighted by molar-refractivity contribution is -0.127. The van der Waals surface area contributed by atoms with Gasteiger partial charge in [0.1, 0.15) is 24.0 Å². The van der Waals surface area contributed by atoms with Gasteiger partial charge in [-0.15, -0.1) is 0 Å². The van der Waals surface area contributed by atoms with Gasteiger partial charge in [0.25, 0.3) is 0 Å². The van der Waals surface area contributed by atoms with Gasteiger partial charge in [-0.1, -0.05) is 56.3 Å². The lowest BCUT2D eigenvalue weighted by atomic mass is 9.94. The SMILES string of the molecule is CC(C)CC(C(=O)NCCC(=O)NC(C)(C)Cc1ccc(OCc2ccccc2)cc1)N(C)C(=O)OC(C)(C)C. The second kappa shape index (κ2) is 14.7. The number of ether oxygens (including phenoxy) is 2. The minimum absolute atomic E-state index is 0.131. The normalized spacial score (nSPS) is 12.4. The average molecular weight is 554 g/mol. The fourth-order valence-corrected chi connectivity index (χ4v) is 4.20. The molecule has 2 aromatic carbocycles. The summed E-state index contributed by atoms with van der Waals surface area (Å²) in [6.45, 7) is 14.0. The van der Waals surface area contributed by atoms with Crippen LogP contribution in [0.4, 0.5) is 4.79 Å². The highest BCUT2D eigenvalue weighted by Crippen LogP contribution is 2.19. The molecule has 3 amide bonds. The summed E-state index contributed by atoms with van der Waals surface area (Å²) in [5.74, 6) is 0.519. The Bertz CT molecular complexity index is 1090. The number of benzene rings is 2. The zero-order valence-corrected chi connectivity index (χ0v) is 25.4. The van der Waals surface area contributed by atoms with Gasteiger partial charge in [-0.25, -0.2) is 4.79 Å². The van der Waals surface area contributed by atoms with Crippen LogP contribution >= 0.6 is 0 Å². The molecule has 2 N–H and O–H groups in total. The van der Waals surface area contributed by atoms with Gasteiger partial charge in [0.2, 0.25) is 11.8 Å². The van der Waals surface area contributed by atoms with Gasteiger partial charge in [-0.2, -0.15) is 0 Å².